The van der Waals surface area contributed by atoms with Gasteiger partial charge in [0.05, 0.1) is 17.8 Å². The molecule has 8 heteroatoms. The Hall–Kier alpha value is -3.47. The van der Waals surface area contributed by atoms with Crippen LogP contribution >= 0.6 is 0 Å². The number of hydrogen-bond donors (Lipinski definition) is 2. The largest absolute Gasteiger partial charge is 0.573 e. The average molecular weight is 362 g/mol. The molecule has 2 aromatic carbocycles. The van der Waals surface area contributed by atoms with E-state index in [4.69, 9.17) is 6.42 Å². The Labute approximate surface area is 147 Å². The first kappa shape index (κ1) is 18.9. The third-order valence-electron chi connectivity index (χ3n) is 3.12. The molecule has 2 rings (SSSR count). The van der Waals surface area contributed by atoms with Crippen molar-refractivity contribution in [2.75, 3.05) is 11.9 Å². The van der Waals surface area contributed by atoms with Crippen molar-refractivity contribution in [2.24, 2.45) is 0 Å². The molecule has 0 aliphatic rings. The topological polar surface area (TPSA) is 67.4 Å². The summed E-state index contributed by atoms with van der Waals surface area (Å²) in [6.45, 7) is 0.0295. The highest BCUT2D eigenvalue weighted by molar-refractivity contribution is 6.09. The molecule has 0 spiro atoms. The van der Waals surface area contributed by atoms with E-state index in [0.29, 0.717) is 0 Å². The van der Waals surface area contributed by atoms with Crippen LogP contribution in [-0.4, -0.2) is 24.7 Å². The Morgan fingerprint density at radius 3 is 2.31 bits per heavy atom. The van der Waals surface area contributed by atoms with E-state index in [9.17, 15) is 22.8 Å². The molecule has 26 heavy (non-hydrogen) atoms. The number of carbonyl (C=O) groups is 2. The molecule has 0 radical (unpaired) electrons. The number of anilines is 1. The molecule has 0 saturated carbocycles. The van der Waals surface area contributed by atoms with Crippen molar-refractivity contribution in [1.29, 1.82) is 0 Å². The standard InChI is InChI=1S/C18H13F3N2O3/c1-2-11-22-17(25)14-5-3-4-6-15(14)23-16(24)12-7-9-13(10-8-12)26-18(19,20)21/h1,3-10H,11H2,(H,22,25)(H,23,24). The molecule has 0 atom stereocenters. The van der Waals surface area contributed by atoms with Gasteiger partial charge in [0.15, 0.2) is 0 Å². The zero-order valence-electron chi connectivity index (χ0n) is 13.3. The highest BCUT2D eigenvalue weighted by Crippen LogP contribution is 2.23. The van der Waals surface area contributed by atoms with E-state index in [-0.39, 0.29) is 23.4 Å². The Kier molecular flexibility index (Phi) is 5.86. The molecule has 0 saturated heterocycles. The molecule has 134 valence electrons. The maximum atomic E-state index is 12.3. The van der Waals surface area contributed by atoms with Crippen molar-refractivity contribution in [3.8, 4) is 18.1 Å². The number of amides is 2. The van der Waals surface area contributed by atoms with Crippen LogP contribution in [0.1, 0.15) is 20.7 Å². The van der Waals surface area contributed by atoms with Crippen LogP contribution in [0.2, 0.25) is 0 Å². The average Bonchev–Trinajstić information content (AvgIpc) is 2.59. The summed E-state index contributed by atoms with van der Waals surface area (Å²) in [7, 11) is 0. The lowest BCUT2D eigenvalue weighted by Gasteiger charge is -2.11. The lowest BCUT2D eigenvalue weighted by Crippen LogP contribution is -2.25. The lowest BCUT2D eigenvalue weighted by atomic mass is 10.1. The second-order valence-electron chi connectivity index (χ2n) is 4.96. The van der Waals surface area contributed by atoms with Crippen molar-refractivity contribution in [2.45, 2.75) is 6.36 Å². The number of benzene rings is 2. The van der Waals surface area contributed by atoms with Gasteiger partial charge >= 0.3 is 6.36 Å². The lowest BCUT2D eigenvalue weighted by molar-refractivity contribution is -0.274. The summed E-state index contributed by atoms with van der Waals surface area (Å²) in [6.07, 6.45) is 0.274. The van der Waals surface area contributed by atoms with Crippen molar-refractivity contribution in [1.82, 2.24) is 5.32 Å². The highest BCUT2D eigenvalue weighted by Gasteiger charge is 2.31. The molecular formula is C18H13F3N2O3. The Balaban J connectivity index is 2.13. The maximum Gasteiger partial charge on any atom is 0.573 e. The van der Waals surface area contributed by atoms with Crippen molar-refractivity contribution >= 4 is 17.5 Å². The molecule has 0 aromatic heterocycles. The maximum absolute atomic E-state index is 12.3. The summed E-state index contributed by atoms with van der Waals surface area (Å²) in [6, 6.07) is 10.7. The number of nitrogens with one attached hydrogen (secondary N) is 2. The predicted octanol–water partition coefficient (Wildman–Crippen LogP) is 3.20. The van der Waals surface area contributed by atoms with Gasteiger partial charge in [0, 0.05) is 5.56 Å². The molecule has 0 heterocycles. The molecular weight excluding hydrogens is 349 g/mol. The number of halogens is 3. The minimum atomic E-state index is -4.81. The molecule has 5 nitrogen and oxygen atoms in total. The Morgan fingerprint density at radius 2 is 1.69 bits per heavy atom. The van der Waals surface area contributed by atoms with Gasteiger partial charge in [-0.2, -0.15) is 0 Å². The van der Waals surface area contributed by atoms with E-state index in [0.717, 1.165) is 12.1 Å². The fraction of sp³-hybridized carbons (Fsp3) is 0.111. The number of alkyl halides is 3. The summed E-state index contributed by atoms with van der Waals surface area (Å²) in [4.78, 5) is 24.3. The molecule has 0 unspecified atom stereocenters. The number of carbonyl (C=O) groups excluding carboxylic acids is 2. The van der Waals surface area contributed by atoms with Crippen LogP contribution in [0.3, 0.4) is 0 Å². The second kappa shape index (κ2) is 8.07. The molecule has 0 fully saturated rings. The van der Waals surface area contributed by atoms with Crippen LogP contribution in [0.5, 0.6) is 5.75 Å². The number of rotatable bonds is 5. The van der Waals surface area contributed by atoms with Crippen LogP contribution in [-0.2, 0) is 0 Å². The minimum absolute atomic E-state index is 0.0295. The van der Waals surface area contributed by atoms with Crippen LogP contribution < -0.4 is 15.4 Å². The van der Waals surface area contributed by atoms with E-state index in [2.05, 4.69) is 21.3 Å². The molecule has 2 N–H and O–H groups in total. The normalized spacial score (nSPS) is 10.5. The third-order valence-corrected chi connectivity index (χ3v) is 3.12. The van der Waals surface area contributed by atoms with Crippen LogP contribution in [0.4, 0.5) is 18.9 Å². The Morgan fingerprint density at radius 1 is 1.04 bits per heavy atom. The van der Waals surface area contributed by atoms with Crippen molar-refractivity contribution < 1.29 is 27.5 Å². The zero-order valence-corrected chi connectivity index (χ0v) is 13.3. The fourth-order valence-electron chi connectivity index (χ4n) is 2.02. The van der Waals surface area contributed by atoms with Crippen molar-refractivity contribution in [3.63, 3.8) is 0 Å². The van der Waals surface area contributed by atoms with Gasteiger partial charge in [0.25, 0.3) is 11.8 Å². The number of ether oxygens (including phenoxy) is 1. The summed E-state index contributed by atoms with van der Waals surface area (Å²) in [5, 5.41) is 5.02. The summed E-state index contributed by atoms with van der Waals surface area (Å²) in [5.41, 5.74) is 0.536. The molecule has 0 aliphatic carbocycles. The Bertz CT molecular complexity index is 840. The molecule has 2 amide bonds. The van der Waals surface area contributed by atoms with Crippen molar-refractivity contribution in [3.05, 3.63) is 59.7 Å². The van der Waals surface area contributed by atoms with Crippen LogP contribution in [0.25, 0.3) is 0 Å². The second-order valence-corrected chi connectivity index (χ2v) is 4.96. The minimum Gasteiger partial charge on any atom is -0.406 e. The van der Waals surface area contributed by atoms with Gasteiger partial charge in [0.1, 0.15) is 5.75 Å². The zero-order chi connectivity index (χ0) is 19.2. The van der Waals surface area contributed by atoms with E-state index in [1.54, 1.807) is 12.1 Å². The summed E-state index contributed by atoms with van der Waals surface area (Å²) in [5.74, 6) is 0.762. The molecule has 2 aromatic rings. The van der Waals surface area contributed by atoms with Gasteiger partial charge in [-0.1, -0.05) is 18.1 Å². The van der Waals surface area contributed by atoms with Gasteiger partial charge < -0.3 is 15.4 Å². The summed E-state index contributed by atoms with van der Waals surface area (Å²) >= 11 is 0. The van der Waals surface area contributed by atoms with Gasteiger partial charge in [-0.3, -0.25) is 9.59 Å². The first-order chi connectivity index (χ1) is 12.3. The van der Waals surface area contributed by atoms with Gasteiger partial charge in [-0.15, -0.1) is 19.6 Å². The number of terminal acetylenes is 1. The van der Waals surface area contributed by atoms with E-state index in [1.807, 2.05) is 0 Å². The van der Waals surface area contributed by atoms with E-state index < -0.39 is 23.9 Å². The SMILES string of the molecule is C#CCNC(=O)c1ccccc1NC(=O)c1ccc(OC(F)(F)F)cc1. The highest BCUT2D eigenvalue weighted by atomic mass is 19.4. The summed E-state index contributed by atoms with van der Waals surface area (Å²) < 4.78 is 40.2. The quantitative estimate of drug-likeness (QED) is 0.803. The van der Waals surface area contributed by atoms with Gasteiger partial charge in [0.2, 0.25) is 0 Å². The first-order valence-corrected chi connectivity index (χ1v) is 7.28. The molecule has 0 bridgehead atoms. The number of hydrogen-bond acceptors (Lipinski definition) is 3. The third kappa shape index (κ3) is 5.27. The van der Waals surface area contributed by atoms with Gasteiger partial charge in [-0.05, 0) is 36.4 Å². The fourth-order valence-corrected chi connectivity index (χ4v) is 2.02. The van der Waals surface area contributed by atoms with Gasteiger partial charge in [-0.25, -0.2) is 0 Å². The monoisotopic (exact) mass is 362 g/mol. The van der Waals surface area contributed by atoms with E-state index >= 15 is 0 Å². The number of para-hydroxylation sites is 1. The van der Waals surface area contributed by atoms with E-state index in [1.165, 1.54) is 24.3 Å². The predicted molar refractivity (Wildman–Crippen MR) is 88.7 cm³/mol. The molecule has 0 aliphatic heterocycles. The smallest absolute Gasteiger partial charge is 0.406 e. The van der Waals surface area contributed by atoms with Crippen LogP contribution in [0.15, 0.2) is 48.5 Å². The first-order valence-electron chi connectivity index (χ1n) is 7.28. The van der Waals surface area contributed by atoms with Crippen LogP contribution in [0, 0.1) is 12.3 Å².